The topological polar surface area (TPSA) is 77.0 Å². The lowest BCUT2D eigenvalue weighted by Gasteiger charge is -2.09. The van der Waals surface area contributed by atoms with Crippen LogP contribution < -0.4 is 14.9 Å². The van der Waals surface area contributed by atoms with Gasteiger partial charge in [0.2, 0.25) is 0 Å². The summed E-state index contributed by atoms with van der Waals surface area (Å²) in [7, 11) is 0. The number of carbonyl (C=O) groups excluding carboxylic acids is 2. The molecule has 4 rings (SSSR count). The number of esters is 1. The molecule has 0 spiro atoms. The summed E-state index contributed by atoms with van der Waals surface area (Å²) in [5.74, 6) is -1.05. The maximum atomic E-state index is 13.7. The van der Waals surface area contributed by atoms with Gasteiger partial charge in [0.1, 0.15) is 17.3 Å². The molecule has 0 unspecified atom stereocenters. The molecule has 8 heteroatoms. The molecule has 0 bridgehead atoms. The molecule has 0 aliphatic heterocycles. The SMILES string of the molecule is O=C(COc1ccc2ccccc2c1Br)NN=Cc1ccc(OC(=O)c2ccccc2F)cc1. The highest BCUT2D eigenvalue weighted by molar-refractivity contribution is 9.10. The molecule has 0 aliphatic rings. The van der Waals surface area contributed by atoms with E-state index in [1.54, 1.807) is 36.4 Å². The monoisotopic (exact) mass is 520 g/mol. The standard InChI is InChI=1S/C26H18BrFN2O4/c27-25-20-6-2-1-5-18(20)11-14-23(25)33-16-24(31)30-29-15-17-9-12-19(13-10-17)34-26(32)21-7-3-4-8-22(21)28/h1-15H,16H2,(H,30,31). The number of nitrogens with one attached hydrogen (secondary N) is 1. The lowest BCUT2D eigenvalue weighted by Crippen LogP contribution is -2.24. The lowest BCUT2D eigenvalue weighted by molar-refractivity contribution is -0.123. The Morgan fingerprint density at radius 3 is 2.47 bits per heavy atom. The van der Waals surface area contributed by atoms with E-state index in [-0.39, 0.29) is 17.9 Å². The van der Waals surface area contributed by atoms with Gasteiger partial charge in [-0.1, -0.05) is 42.5 Å². The summed E-state index contributed by atoms with van der Waals surface area (Å²) < 4.78 is 25.2. The number of hydrogen-bond acceptors (Lipinski definition) is 5. The Labute approximate surface area is 203 Å². The van der Waals surface area contributed by atoms with Crippen LogP contribution in [-0.4, -0.2) is 24.7 Å². The maximum Gasteiger partial charge on any atom is 0.346 e. The van der Waals surface area contributed by atoms with E-state index in [1.807, 2.05) is 30.3 Å². The Morgan fingerprint density at radius 2 is 1.68 bits per heavy atom. The minimum absolute atomic E-state index is 0.145. The molecule has 6 nitrogen and oxygen atoms in total. The number of hydrazone groups is 1. The van der Waals surface area contributed by atoms with Crippen LogP contribution in [0.5, 0.6) is 11.5 Å². The largest absolute Gasteiger partial charge is 0.483 e. The van der Waals surface area contributed by atoms with Crippen molar-refractivity contribution in [1.29, 1.82) is 0 Å². The number of benzene rings is 4. The molecular weight excluding hydrogens is 503 g/mol. The molecule has 4 aromatic rings. The number of halogens is 2. The van der Waals surface area contributed by atoms with Gasteiger partial charge in [-0.2, -0.15) is 5.10 Å². The second-order valence-corrected chi connectivity index (χ2v) is 7.91. The van der Waals surface area contributed by atoms with Gasteiger partial charge in [-0.3, -0.25) is 4.79 Å². The van der Waals surface area contributed by atoms with Crippen LogP contribution in [0.2, 0.25) is 0 Å². The van der Waals surface area contributed by atoms with Gasteiger partial charge in [-0.25, -0.2) is 14.6 Å². The van der Waals surface area contributed by atoms with Crippen LogP contribution in [-0.2, 0) is 4.79 Å². The van der Waals surface area contributed by atoms with Crippen molar-refractivity contribution in [3.8, 4) is 11.5 Å². The Bertz CT molecular complexity index is 1370. The fourth-order valence-corrected chi connectivity index (χ4v) is 3.70. The Hall–Kier alpha value is -4.04. The van der Waals surface area contributed by atoms with Crippen LogP contribution >= 0.6 is 15.9 Å². The fraction of sp³-hybridized carbons (Fsp3) is 0.0385. The van der Waals surface area contributed by atoms with Crippen molar-refractivity contribution in [2.45, 2.75) is 0 Å². The van der Waals surface area contributed by atoms with Crippen molar-refractivity contribution in [3.63, 3.8) is 0 Å². The molecule has 1 N–H and O–H groups in total. The first-order chi connectivity index (χ1) is 16.5. The van der Waals surface area contributed by atoms with E-state index < -0.39 is 17.7 Å². The Kier molecular flexibility index (Phi) is 7.29. The zero-order valence-electron chi connectivity index (χ0n) is 17.7. The van der Waals surface area contributed by atoms with Crippen LogP contribution in [0.25, 0.3) is 10.8 Å². The third-order valence-corrected chi connectivity index (χ3v) is 5.59. The zero-order chi connectivity index (χ0) is 23.9. The molecule has 0 aliphatic carbocycles. The third-order valence-electron chi connectivity index (χ3n) is 4.77. The normalized spacial score (nSPS) is 10.9. The van der Waals surface area contributed by atoms with Gasteiger partial charge in [-0.05, 0) is 74.7 Å². The number of nitrogens with zero attached hydrogens (tertiary/aromatic N) is 1. The predicted octanol–water partition coefficient (Wildman–Crippen LogP) is 5.49. The van der Waals surface area contributed by atoms with Crippen LogP contribution in [0.15, 0.2) is 94.5 Å². The van der Waals surface area contributed by atoms with Gasteiger partial charge in [0, 0.05) is 0 Å². The molecule has 0 fully saturated rings. The van der Waals surface area contributed by atoms with Crippen LogP contribution in [0, 0.1) is 5.82 Å². The molecular formula is C26H18BrFN2O4. The summed E-state index contributed by atoms with van der Waals surface area (Å²) in [6.45, 7) is -0.209. The Morgan fingerprint density at radius 1 is 0.941 bits per heavy atom. The summed E-state index contributed by atoms with van der Waals surface area (Å²) in [5, 5.41) is 5.95. The van der Waals surface area contributed by atoms with Crippen molar-refractivity contribution in [3.05, 3.63) is 106 Å². The quantitative estimate of drug-likeness (QED) is 0.151. The average Bonchev–Trinajstić information content (AvgIpc) is 2.85. The van der Waals surface area contributed by atoms with E-state index in [0.29, 0.717) is 11.3 Å². The molecule has 170 valence electrons. The van der Waals surface area contributed by atoms with Crippen molar-refractivity contribution in [1.82, 2.24) is 5.43 Å². The van der Waals surface area contributed by atoms with E-state index in [9.17, 15) is 14.0 Å². The molecule has 0 radical (unpaired) electrons. The van der Waals surface area contributed by atoms with Gasteiger partial charge < -0.3 is 9.47 Å². The number of hydrogen-bond donors (Lipinski definition) is 1. The first kappa shape index (κ1) is 23.1. The first-order valence-electron chi connectivity index (χ1n) is 10.2. The van der Waals surface area contributed by atoms with E-state index in [2.05, 4.69) is 26.5 Å². The van der Waals surface area contributed by atoms with Crippen molar-refractivity contribution < 1.29 is 23.5 Å². The number of fused-ring (bicyclic) bond motifs is 1. The highest BCUT2D eigenvalue weighted by Crippen LogP contribution is 2.32. The summed E-state index contributed by atoms with van der Waals surface area (Å²) >= 11 is 3.52. The highest BCUT2D eigenvalue weighted by Gasteiger charge is 2.13. The van der Waals surface area contributed by atoms with Crippen LogP contribution in [0.3, 0.4) is 0 Å². The number of amides is 1. The number of ether oxygens (including phenoxy) is 2. The number of rotatable bonds is 7. The molecule has 34 heavy (non-hydrogen) atoms. The van der Waals surface area contributed by atoms with E-state index >= 15 is 0 Å². The smallest absolute Gasteiger partial charge is 0.346 e. The summed E-state index contributed by atoms with van der Waals surface area (Å²) in [4.78, 5) is 24.1. The molecule has 1 amide bonds. The second kappa shape index (κ2) is 10.7. The predicted molar refractivity (Wildman–Crippen MR) is 131 cm³/mol. The van der Waals surface area contributed by atoms with Gasteiger partial charge in [0.15, 0.2) is 6.61 Å². The minimum atomic E-state index is -0.787. The van der Waals surface area contributed by atoms with Crippen LogP contribution in [0.1, 0.15) is 15.9 Å². The number of carbonyl (C=O) groups is 2. The second-order valence-electron chi connectivity index (χ2n) is 7.12. The molecule has 0 saturated carbocycles. The lowest BCUT2D eigenvalue weighted by atomic mass is 10.1. The molecule has 0 aromatic heterocycles. The summed E-state index contributed by atoms with van der Waals surface area (Å²) in [6, 6.07) is 23.5. The molecule has 0 heterocycles. The van der Waals surface area contributed by atoms with Crippen LogP contribution in [0.4, 0.5) is 4.39 Å². The van der Waals surface area contributed by atoms with Crippen molar-refractivity contribution in [2.75, 3.05) is 6.61 Å². The first-order valence-corrected chi connectivity index (χ1v) is 11.0. The van der Waals surface area contributed by atoms with E-state index in [0.717, 1.165) is 15.2 Å². The Balaban J connectivity index is 1.28. The van der Waals surface area contributed by atoms with Gasteiger partial charge in [0.25, 0.3) is 5.91 Å². The minimum Gasteiger partial charge on any atom is -0.483 e. The fourth-order valence-electron chi connectivity index (χ4n) is 3.09. The van der Waals surface area contributed by atoms with E-state index in [4.69, 9.17) is 9.47 Å². The highest BCUT2D eigenvalue weighted by atomic mass is 79.9. The van der Waals surface area contributed by atoms with Gasteiger partial charge in [-0.15, -0.1) is 0 Å². The van der Waals surface area contributed by atoms with Gasteiger partial charge in [0.05, 0.1) is 16.3 Å². The van der Waals surface area contributed by atoms with Gasteiger partial charge >= 0.3 is 5.97 Å². The summed E-state index contributed by atoms with van der Waals surface area (Å²) in [6.07, 6.45) is 1.44. The van der Waals surface area contributed by atoms with Crippen molar-refractivity contribution in [2.24, 2.45) is 5.10 Å². The maximum absolute atomic E-state index is 13.7. The molecule has 0 atom stereocenters. The third kappa shape index (κ3) is 5.65. The molecule has 4 aromatic carbocycles. The van der Waals surface area contributed by atoms with E-state index in [1.165, 1.54) is 24.4 Å². The average molecular weight is 521 g/mol. The molecule has 0 saturated heterocycles. The summed E-state index contributed by atoms with van der Waals surface area (Å²) in [5.41, 5.74) is 2.91. The zero-order valence-corrected chi connectivity index (χ0v) is 19.3. The van der Waals surface area contributed by atoms with Crippen molar-refractivity contribution >= 4 is 44.8 Å².